The zero-order valence-electron chi connectivity index (χ0n) is 18.1. The molecule has 7 nitrogen and oxygen atoms in total. The molecular formula is C22H28ClN3O4S. The molecule has 0 aliphatic carbocycles. The van der Waals surface area contributed by atoms with Gasteiger partial charge in [0.15, 0.2) is 5.13 Å². The van der Waals surface area contributed by atoms with Gasteiger partial charge in [0.25, 0.3) is 0 Å². The second kappa shape index (κ2) is 8.76. The van der Waals surface area contributed by atoms with E-state index in [1.807, 2.05) is 39.8 Å². The SMILES string of the molecule is CC(C)C(Nc1ncc(C(=O)O)s1)C(=O)N1CCC(O)(c2ccc(Cl)cc2)C(C)(C)C1. The summed E-state index contributed by atoms with van der Waals surface area (Å²) < 4.78 is 0. The van der Waals surface area contributed by atoms with E-state index in [2.05, 4.69) is 10.3 Å². The molecule has 1 amide bonds. The van der Waals surface area contributed by atoms with Gasteiger partial charge < -0.3 is 20.4 Å². The molecular weight excluding hydrogens is 438 g/mol. The zero-order chi connectivity index (χ0) is 23.0. The monoisotopic (exact) mass is 465 g/mol. The van der Waals surface area contributed by atoms with Gasteiger partial charge in [0.05, 0.1) is 11.8 Å². The summed E-state index contributed by atoms with van der Waals surface area (Å²) in [5.74, 6) is -1.17. The van der Waals surface area contributed by atoms with Crippen molar-refractivity contribution in [2.45, 2.75) is 45.8 Å². The molecule has 2 unspecified atom stereocenters. The molecule has 0 radical (unpaired) electrons. The lowest BCUT2D eigenvalue weighted by Gasteiger charge is -2.51. The van der Waals surface area contributed by atoms with Crippen LogP contribution in [0.15, 0.2) is 30.5 Å². The molecule has 1 aromatic carbocycles. The molecule has 1 fully saturated rings. The van der Waals surface area contributed by atoms with Crippen molar-refractivity contribution in [3.8, 4) is 0 Å². The molecule has 0 bridgehead atoms. The van der Waals surface area contributed by atoms with Crippen LogP contribution in [0.1, 0.15) is 49.4 Å². The van der Waals surface area contributed by atoms with Gasteiger partial charge in [-0.3, -0.25) is 4.79 Å². The van der Waals surface area contributed by atoms with Crippen molar-refractivity contribution in [1.82, 2.24) is 9.88 Å². The second-order valence-electron chi connectivity index (χ2n) is 8.96. The Labute approximate surface area is 191 Å². The number of aromatic nitrogens is 1. The maximum Gasteiger partial charge on any atom is 0.347 e. The minimum Gasteiger partial charge on any atom is -0.477 e. The predicted molar refractivity (Wildman–Crippen MR) is 122 cm³/mol. The van der Waals surface area contributed by atoms with Gasteiger partial charge in [-0.15, -0.1) is 0 Å². The van der Waals surface area contributed by atoms with Crippen LogP contribution >= 0.6 is 22.9 Å². The minimum absolute atomic E-state index is 0.0372. The highest BCUT2D eigenvalue weighted by atomic mass is 35.5. The summed E-state index contributed by atoms with van der Waals surface area (Å²) in [6.45, 7) is 8.57. The number of hydrogen-bond acceptors (Lipinski definition) is 6. The minimum atomic E-state index is -1.08. The third kappa shape index (κ3) is 4.71. The van der Waals surface area contributed by atoms with Gasteiger partial charge in [-0.1, -0.05) is 62.8 Å². The van der Waals surface area contributed by atoms with Crippen molar-refractivity contribution in [3.05, 3.63) is 45.9 Å². The molecule has 168 valence electrons. The Balaban J connectivity index is 1.78. The number of likely N-dealkylation sites (tertiary alicyclic amines) is 1. The lowest BCUT2D eigenvalue weighted by molar-refractivity contribution is -0.154. The third-order valence-electron chi connectivity index (χ3n) is 6.01. The molecule has 0 spiro atoms. The van der Waals surface area contributed by atoms with E-state index in [0.29, 0.717) is 29.7 Å². The van der Waals surface area contributed by atoms with E-state index < -0.39 is 23.0 Å². The summed E-state index contributed by atoms with van der Waals surface area (Å²) in [5, 5.41) is 24.8. The first-order chi connectivity index (χ1) is 14.4. The second-order valence-corrected chi connectivity index (χ2v) is 10.4. The van der Waals surface area contributed by atoms with Crippen LogP contribution in [0.2, 0.25) is 5.02 Å². The first-order valence-corrected chi connectivity index (χ1v) is 11.4. The average molecular weight is 466 g/mol. The zero-order valence-corrected chi connectivity index (χ0v) is 19.6. The molecule has 0 saturated carbocycles. The standard InChI is InChI=1S/C22H28ClN3O4S/c1-13(2)17(25-20-24-11-16(31-20)19(28)29)18(27)26-10-9-22(30,21(3,4)12-26)14-5-7-15(23)8-6-14/h5-8,11,13,17,30H,9-10,12H2,1-4H3,(H,24,25)(H,28,29). The average Bonchev–Trinajstić information content (AvgIpc) is 3.17. The lowest BCUT2D eigenvalue weighted by atomic mass is 9.66. The molecule has 2 aromatic rings. The van der Waals surface area contributed by atoms with E-state index in [9.17, 15) is 14.7 Å². The first-order valence-electron chi connectivity index (χ1n) is 10.2. The van der Waals surface area contributed by atoms with Gasteiger partial charge >= 0.3 is 5.97 Å². The van der Waals surface area contributed by atoms with Crippen LogP contribution in [0.5, 0.6) is 0 Å². The van der Waals surface area contributed by atoms with Gasteiger partial charge in [-0.05, 0) is 30.0 Å². The first kappa shape index (κ1) is 23.5. The summed E-state index contributed by atoms with van der Waals surface area (Å²) in [7, 11) is 0. The van der Waals surface area contributed by atoms with E-state index in [1.54, 1.807) is 17.0 Å². The number of piperidine rings is 1. The number of nitrogens with zero attached hydrogens (tertiary/aromatic N) is 2. The Hall–Kier alpha value is -2.16. The van der Waals surface area contributed by atoms with E-state index in [1.165, 1.54) is 6.20 Å². The Bertz CT molecular complexity index is 960. The van der Waals surface area contributed by atoms with Gasteiger partial charge in [-0.25, -0.2) is 9.78 Å². The largest absolute Gasteiger partial charge is 0.477 e. The number of amides is 1. The molecule has 2 atom stereocenters. The van der Waals surface area contributed by atoms with Crippen molar-refractivity contribution in [3.63, 3.8) is 0 Å². The highest BCUT2D eigenvalue weighted by Gasteiger charge is 2.50. The summed E-state index contributed by atoms with van der Waals surface area (Å²) in [5.41, 5.74) is -0.883. The van der Waals surface area contributed by atoms with Crippen molar-refractivity contribution in [2.24, 2.45) is 11.3 Å². The van der Waals surface area contributed by atoms with Crippen LogP contribution in [0.25, 0.3) is 0 Å². The van der Waals surface area contributed by atoms with E-state index in [-0.39, 0.29) is 16.7 Å². The van der Waals surface area contributed by atoms with Crippen molar-refractivity contribution in [1.29, 1.82) is 0 Å². The molecule has 31 heavy (non-hydrogen) atoms. The number of carboxylic acid groups (broad SMARTS) is 1. The number of thiazole rings is 1. The lowest BCUT2D eigenvalue weighted by Crippen LogP contribution is -2.59. The van der Waals surface area contributed by atoms with E-state index in [0.717, 1.165) is 16.9 Å². The number of carbonyl (C=O) groups excluding carboxylic acids is 1. The summed E-state index contributed by atoms with van der Waals surface area (Å²) >= 11 is 7.01. The van der Waals surface area contributed by atoms with E-state index >= 15 is 0 Å². The topological polar surface area (TPSA) is 103 Å². The van der Waals surface area contributed by atoms with Crippen LogP contribution in [0.4, 0.5) is 5.13 Å². The molecule has 1 saturated heterocycles. The maximum atomic E-state index is 13.4. The number of anilines is 1. The van der Waals surface area contributed by atoms with Gasteiger partial charge in [0.1, 0.15) is 10.9 Å². The van der Waals surface area contributed by atoms with Crippen LogP contribution < -0.4 is 5.32 Å². The number of aliphatic hydroxyl groups is 1. The number of halogens is 1. The Morgan fingerprint density at radius 1 is 1.26 bits per heavy atom. The van der Waals surface area contributed by atoms with Crippen LogP contribution in [0, 0.1) is 11.3 Å². The van der Waals surface area contributed by atoms with Crippen molar-refractivity contribution in [2.75, 3.05) is 18.4 Å². The number of nitrogens with one attached hydrogen (secondary N) is 1. The molecule has 3 rings (SSSR count). The molecule has 1 aliphatic heterocycles. The number of aromatic carboxylic acids is 1. The van der Waals surface area contributed by atoms with Gasteiger partial charge in [-0.2, -0.15) is 0 Å². The predicted octanol–water partition coefficient (Wildman–Crippen LogP) is 4.08. The fourth-order valence-electron chi connectivity index (χ4n) is 4.05. The number of hydrogen-bond donors (Lipinski definition) is 3. The third-order valence-corrected chi connectivity index (χ3v) is 7.18. The number of carbonyl (C=O) groups is 2. The molecule has 9 heteroatoms. The fraction of sp³-hybridized carbons (Fsp3) is 0.500. The maximum absolute atomic E-state index is 13.4. The van der Waals surface area contributed by atoms with Crippen molar-refractivity contribution < 1.29 is 19.8 Å². The Morgan fingerprint density at radius 3 is 2.42 bits per heavy atom. The smallest absolute Gasteiger partial charge is 0.347 e. The number of carboxylic acids is 1. The normalized spacial score (nSPS) is 21.7. The summed E-state index contributed by atoms with van der Waals surface area (Å²) in [6, 6.07) is 6.65. The molecule has 1 aromatic heterocycles. The summed E-state index contributed by atoms with van der Waals surface area (Å²) in [6.07, 6.45) is 1.69. The molecule has 3 N–H and O–H groups in total. The van der Waals surface area contributed by atoms with Crippen LogP contribution in [0.3, 0.4) is 0 Å². The van der Waals surface area contributed by atoms with Gasteiger partial charge in [0, 0.05) is 23.5 Å². The number of rotatable bonds is 6. The quantitative estimate of drug-likeness (QED) is 0.594. The van der Waals surface area contributed by atoms with Crippen molar-refractivity contribution >= 4 is 39.9 Å². The molecule has 2 heterocycles. The van der Waals surface area contributed by atoms with Crippen LogP contribution in [-0.2, 0) is 10.4 Å². The fourth-order valence-corrected chi connectivity index (χ4v) is 4.87. The van der Waals surface area contributed by atoms with Gasteiger partial charge in [0.2, 0.25) is 5.91 Å². The highest BCUT2D eigenvalue weighted by Crippen LogP contribution is 2.46. The van der Waals surface area contributed by atoms with E-state index in [4.69, 9.17) is 16.7 Å². The Morgan fingerprint density at radius 2 is 1.90 bits per heavy atom. The number of benzene rings is 1. The molecule has 1 aliphatic rings. The highest BCUT2D eigenvalue weighted by molar-refractivity contribution is 7.17. The van der Waals surface area contributed by atoms with Crippen LogP contribution in [-0.4, -0.2) is 51.1 Å². The summed E-state index contributed by atoms with van der Waals surface area (Å²) in [4.78, 5) is 30.5. The Kier molecular flexibility index (Phi) is 6.64.